The number of nitrogens with zero attached hydrogens (tertiary/aromatic N) is 3. The van der Waals surface area contributed by atoms with Crippen molar-refractivity contribution in [3.8, 4) is 29.0 Å². The molecule has 0 saturated heterocycles. The Morgan fingerprint density at radius 3 is 1.93 bits per heavy atom. The minimum absolute atomic E-state index is 0.209. The fourth-order valence-corrected chi connectivity index (χ4v) is 6.35. The second kappa shape index (κ2) is 13.3. The van der Waals surface area contributed by atoms with E-state index in [0.29, 0.717) is 5.56 Å². The lowest BCUT2D eigenvalue weighted by molar-refractivity contribution is 0.627. The van der Waals surface area contributed by atoms with E-state index in [2.05, 4.69) is 97.1 Å². The second-order valence-corrected chi connectivity index (χ2v) is 12.3. The number of nitriles is 2. The standard InChI is InChI=1S/C19H11BrN2.C14H9N.C6H4BrF/c20-14-4-3-5-15(11-14)22-18-7-2-1-6-16(18)17-10-13(12-21)8-9-19(17)22;15-9-10-5-6-12-8-11-3-1-2-4-13(11)14(12)7-10;7-5-2-1-3-6(8)4-5/h1-11H;1-7H,8H2;1-4H. The summed E-state index contributed by atoms with van der Waals surface area (Å²) in [5.41, 5.74) is 9.98. The van der Waals surface area contributed by atoms with Crippen molar-refractivity contribution >= 4 is 53.7 Å². The molecule has 0 fully saturated rings. The van der Waals surface area contributed by atoms with Crippen LogP contribution in [0.4, 0.5) is 4.39 Å². The van der Waals surface area contributed by atoms with Gasteiger partial charge in [-0.15, -0.1) is 0 Å². The van der Waals surface area contributed by atoms with Gasteiger partial charge in [0.1, 0.15) is 5.82 Å². The van der Waals surface area contributed by atoms with Crippen molar-refractivity contribution in [3.63, 3.8) is 0 Å². The van der Waals surface area contributed by atoms with E-state index in [9.17, 15) is 4.39 Å². The maximum atomic E-state index is 12.1. The molecule has 216 valence electrons. The molecule has 8 rings (SSSR count). The van der Waals surface area contributed by atoms with Gasteiger partial charge in [0.2, 0.25) is 0 Å². The molecule has 6 heteroatoms. The summed E-state index contributed by atoms with van der Waals surface area (Å²) in [5.74, 6) is -0.209. The van der Waals surface area contributed by atoms with Crippen LogP contribution in [-0.2, 0) is 6.42 Å². The third-order valence-electron chi connectivity index (χ3n) is 7.58. The molecule has 45 heavy (non-hydrogen) atoms. The predicted octanol–water partition coefficient (Wildman–Crippen LogP) is 11.1. The molecule has 7 aromatic rings. The fourth-order valence-electron chi connectivity index (χ4n) is 5.59. The molecule has 1 aromatic heterocycles. The Kier molecular flexibility index (Phi) is 8.89. The van der Waals surface area contributed by atoms with E-state index in [1.807, 2.05) is 60.7 Å². The van der Waals surface area contributed by atoms with Crippen molar-refractivity contribution in [2.45, 2.75) is 6.42 Å². The van der Waals surface area contributed by atoms with Crippen LogP contribution >= 0.6 is 31.9 Å². The van der Waals surface area contributed by atoms with Gasteiger partial charge < -0.3 is 4.57 Å². The van der Waals surface area contributed by atoms with E-state index in [1.165, 1.54) is 34.4 Å². The Morgan fingerprint density at radius 1 is 0.556 bits per heavy atom. The van der Waals surface area contributed by atoms with Crippen LogP contribution in [0.2, 0.25) is 0 Å². The molecule has 0 N–H and O–H groups in total. The topological polar surface area (TPSA) is 52.5 Å². The first-order valence-corrected chi connectivity index (χ1v) is 15.8. The molecule has 1 aliphatic rings. The van der Waals surface area contributed by atoms with Crippen LogP contribution in [0.5, 0.6) is 0 Å². The third-order valence-corrected chi connectivity index (χ3v) is 8.57. The van der Waals surface area contributed by atoms with Crippen LogP contribution in [0.1, 0.15) is 22.3 Å². The zero-order chi connectivity index (χ0) is 31.3. The first-order valence-electron chi connectivity index (χ1n) is 14.2. The zero-order valence-corrected chi connectivity index (χ0v) is 27.1. The van der Waals surface area contributed by atoms with Gasteiger partial charge in [-0.2, -0.15) is 10.5 Å². The first-order chi connectivity index (χ1) is 21.9. The predicted molar refractivity (Wildman–Crippen MR) is 187 cm³/mol. The smallest absolute Gasteiger partial charge is 0.124 e. The number of rotatable bonds is 1. The first kappa shape index (κ1) is 30.0. The zero-order valence-electron chi connectivity index (χ0n) is 23.9. The molecule has 0 saturated carbocycles. The lowest BCUT2D eigenvalue weighted by Gasteiger charge is -2.08. The summed E-state index contributed by atoms with van der Waals surface area (Å²) in [6, 6.07) is 47.4. The molecule has 0 spiro atoms. The number of fused-ring (bicyclic) bond motifs is 6. The monoisotopic (exact) mass is 711 g/mol. The molecular weight excluding hydrogens is 689 g/mol. The normalized spacial score (nSPS) is 10.9. The molecule has 0 unspecified atom stereocenters. The van der Waals surface area contributed by atoms with Crippen LogP contribution < -0.4 is 0 Å². The summed E-state index contributed by atoms with van der Waals surface area (Å²) in [7, 11) is 0. The summed E-state index contributed by atoms with van der Waals surface area (Å²) in [6.45, 7) is 0. The molecule has 1 heterocycles. The highest BCUT2D eigenvalue weighted by molar-refractivity contribution is 9.10. The number of halogens is 3. The van der Waals surface area contributed by atoms with Gasteiger partial charge in [-0.3, -0.25) is 0 Å². The molecular formula is C39H24Br2FN3. The van der Waals surface area contributed by atoms with Crippen molar-refractivity contribution in [1.29, 1.82) is 10.5 Å². The van der Waals surface area contributed by atoms with Gasteiger partial charge in [-0.05, 0) is 101 Å². The van der Waals surface area contributed by atoms with E-state index in [4.69, 9.17) is 10.5 Å². The summed E-state index contributed by atoms with van der Waals surface area (Å²) in [5, 5.41) is 20.3. The Labute approximate surface area is 277 Å². The Morgan fingerprint density at radius 2 is 1.20 bits per heavy atom. The number of para-hydroxylation sites is 1. The SMILES string of the molecule is Fc1cccc(Br)c1.N#Cc1ccc2c(c1)-c1ccccc1C2.N#Cc1ccc2c(c1)c1ccccc1n2-c1cccc(Br)c1. The van der Waals surface area contributed by atoms with Crippen molar-refractivity contribution in [1.82, 2.24) is 4.57 Å². The Balaban J connectivity index is 0.000000134. The lowest BCUT2D eigenvalue weighted by atomic mass is 10.0. The minimum Gasteiger partial charge on any atom is -0.309 e. The average molecular weight is 713 g/mol. The van der Waals surface area contributed by atoms with E-state index in [-0.39, 0.29) is 5.82 Å². The van der Waals surface area contributed by atoms with Crippen LogP contribution in [0.25, 0.3) is 38.6 Å². The van der Waals surface area contributed by atoms with Gasteiger partial charge in [0.05, 0.1) is 34.3 Å². The van der Waals surface area contributed by atoms with E-state index < -0.39 is 0 Å². The Hall–Kier alpha value is -5.01. The maximum absolute atomic E-state index is 12.1. The highest BCUT2D eigenvalue weighted by atomic mass is 79.9. The maximum Gasteiger partial charge on any atom is 0.124 e. The quantitative estimate of drug-likeness (QED) is 0.170. The van der Waals surface area contributed by atoms with Crippen LogP contribution in [0.15, 0.2) is 142 Å². The van der Waals surface area contributed by atoms with E-state index in [0.717, 1.165) is 48.4 Å². The number of hydrogen-bond acceptors (Lipinski definition) is 2. The summed E-state index contributed by atoms with van der Waals surface area (Å²) < 4.78 is 16.2. The summed E-state index contributed by atoms with van der Waals surface area (Å²) >= 11 is 6.66. The second-order valence-electron chi connectivity index (χ2n) is 10.4. The molecule has 6 aromatic carbocycles. The molecule has 3 nitrogen and oxygen atoms in total. The highest BCUT2D eigenvalue weighted by Gasteiger charge is 2.17. The summed E-state index contributed by atoms with van der Waals surface area (Å²) in [4.78, 5) is 0. The van der Waals surface area contributed by atoms with Gasteiger partial charge >= 0.3 is 0 Å². The minimum atomic E-state index is -0.209. The van der Waals surface area contributed by atoms with Crippen molar-refractivity contribution in [3.05, 3.63) is 170 Å². The van der Waals surface area contributed by atoms with Crippen LogP contribution in [0, 0.1) is 28.5 Å². The molecule has 0 aliphatic heterocycles. The van der Waals surface area contributed by atoms with Gasteiger partial charge in [0.25, 0.3) is 0 Å². The van der Waals surface area contributed by atoms with Crippen molar-refractivity contribution in [2.24, 2.45) is 0 Å². The molecule has 1 aliphatic carbocycles. The van der Waals surface area contributed by atoms with Crippen molar-refractivity contribution in [2.75, 3.05) is 0 Å². The van der Waals surface area contributed by atoms with E-state index >= 15 is 0 Å². The number of benzene rings is 6. The van der Waals surface area contributed by atoms with E-state index in [1.54, 1.807) is 12.1 Å². The number of aromatic nitrogens is 1. The highest BCUT2D eigenvalue weighted by Crippen LogP contribution is 2.37. The summed E-state index contributed by atoms with van der Waals surface area (Å²) in [6.07, 6.45) is 0.997. The largest absolute Gasteiger partial charge is 0.309 e. The molecule has 0 amide bonds. The fraction of sp³-hybridized carbons (Fsp3) is 0.0256. The third kappa shape index (κ3) is 6.44. The van der Waals surface area contributed by atoms with Gasteiger partial charge in [-0.1, -0.05) is 92.5 Å². The molecule has 0 atom stereocenters. The lowest BCUT2D eigenvalue weighted by Crippen LogP contribution is -1.93. The van der Waals surface area contributed by atoms with Gasteiger partial charge in [0.15, 0.2) is 0 Å². The van der Waals surface area contributed by atoms with Gasteiger partial charge in [-0.25, -0.2) is 4.39 Å². The van der Waals surface area contributed by atoms with Crippen LogP contribution in [0.3, 0.4) is 0 Å². The molecule has 0 bridgehead atoms. The Bertz CT molecular complexity index is 2260. The van der Waals surface area contributed by atoms with Gasteiger partial charge in [0, 0.05) is 25.4 Å². The molecule has 0 radical (unpaired) electrons. The van der Waals surface area contributed by atoms with Crippen LogP contribution in [-0.4, -0.2) is 4.57 Å². The average Bonchev–Trinajstić information content (AvgIpc) is 3.60. The van der Waals surface area contributed by atoms with Crippen molar-refractivity contribution < 1.29 is 4.39 Å². The number of hydrogen-bond donors (Lipinski definition) is 0.